The molecule has 0 aliphatic carbocycles. The highest BCUT2D eigenvalue weighted by Crippen LogP contribution is 2.14. The van der Waals surface area contributed by atoms with Crippen LogP contribution in [0.25, 0.3) is 0 Å². The first kappa shape index (κ1) is 20.2. The average Bonchev–Trinajstić information content (AvgIpc) is 2.61. The second-order valence-corrected chi connectivity index (χ2v) is 7.87. The number of nitrogens with zero attached hydrogens (tertiary/aromatic N) is 1. The number of halogens is 1. The van der Waals surface area contributed by atoms with Gasteiger partial charge in [-0.25, -0.2) is 8.42 Å². The van der Waals surface area contributed by atoms with E-state index in [9.17, 15) is 13.2 Å². The molecular formula is C18H21ClN2O4S. The van der Waals surface area contributed by atoms with Gasteiger partial charge in [0.2, 0.25) is 15.9 Å². The zero-order valence-electron chi connectivity index (χ0n) is 14.6. The molecule has 1 unspecified atom stereocenters. The summed E-state index contributed by atoms with van der Waals surface area (Å²) in [7, 11) is -2.20. The minimum atomic E-state index is -3.81. The van der Waals surface area contributed by atoms with Crippen molar-refractivity contribution in [3.05, 3.63) is 59.6 Å². The predicted molar refractivity (Wildman–Crippen MR) is 101 cm³/mol. The van der Waals surface area contributed by atoms with Crippen LogP contribution in [0.3, 0.4) is 0 Å². The van der Waals surface area contributed by atoms with Gasteiger partial charge >= 0.3 is 0 Å². The van der Waals surface area contributed by atoms with E-state index in [1.807, 2.05) is 30.3 Å². The fourth-order valence-electron chi connectivity index (χ4n) is 2.22. The van der Waals surface area contributed by atoms with Crippen LogP contribution in [0.15, 0.2) is 59.5 Å². The summed E-state index contributed by atoms with van der Waals surface area (Å²) in [5, 5.41) is 0.436. The molecule has 2 rings (SSSR count). The predicted octanol–water partition coefficient (Wildman–Crippen LogP) is 2.54. The molecule has 0 fully saturated rings. The van der Waals surface area contributed by atoms with E-state index in [0.717, 1.165) is 0 Å². The van der Waals surface area contributed by atoms with Crippen LogP contribution in [0.4, 0.5) is 0 Å². The Labute approximate surface area is 158 Å². The van der Waals surface area contributed by atoms with Crippen molar-refractivity contribution in [3.63, 3.8) is 0 Å². The maximum absolute atomic E-state index is 12.4. The fraction of sp³-hybridized carbons (Fsp3) is 0.278. The zero-order valence-corrected chi connectivity index (χ0v) is 16.1. The number of ether oxygens (including phenoxy) is 1. The second-order valence-electron chi connectivity index (χ2n) is 5.72. The molecular weight excluding hydrogens is 376 g/mol. The molecule has 8 heteroatoms. The molecule has 1 atom stereocenters. The molecule has 2 aromatic rings. The van der Waals surface area contributed by atoms with Crippen LogP contribution < -0.4 is 9.46 Å². The number of rotatable bonds is 8. The monoisotopic (exact) mass is 396 g/mol. The number of carbonyl (C=O) groups is 1. The molecule has 0 bridgehead atoms. The Bertz CT molecular complexity index is 826. The quantitative estimate of drug-likeness (QED) is 0.744. The molecule has 1 amide bonds. The van der Waals surface area contributed by atoms with Gasteiger partial charge in [0, 0.05) is 12.1 Å². The lowest BCUT2D eigenvalue weighted by Crippen LogP contribution is -2.46. The molecule has 2 aromatic carbocycles. The molecule has 6 nitrogen and oxygen atoms in total. The van der Waals surface area contributed by atoms with Gasteiger partial charge in [0.05, 0.1) is 17.5 Å². The van der Waals surface area contributed by atoms with E-state index < -0.39 is 16.1 Å². The van der Waals surface area contributed by atoms with E-state index >= 15 is 0 Å². The Morgan fingerprint density at radius 1 is 1.15 bits per heavy atom. The minimum Gasteiger partial charge on any atom is -0.492 e. The Morgan fingerprint density at radius 2 is 1.77 bits per heavy atom. The maximum atomic E-state index is 12.4. The number of hydrogen-bond acceptors (Lipinski definition) is 4. The third-order valence-corrected chi connectivity index (χ3v) is 5.45. The van der Waals surface area contributed by atoms with Gasteiger partial charge in [0.25, 0.3) is 0 Å². The molecule has 0 aliphatic heterocycles. The van der Waals surface area contributed by atoms with Crippen LogP contribution in [0.2, 0.25) is 5.02 Å². The largest absolute Gasteiger partial charge is 0.492 e. The summed E-state index contributed by atoms with van der Waals surface area (Å²) < 4.78 is 32.6. The number of nitrogens with one attached hydrogen (secondary N) is 1. The summed E-state index contributed by atoms with van der Waals surface area (Å²) >= 11 is 5.76. The second kappa shape index (κ2) is 9.02. The molecule has 140 valence electrons. The van der Waals surface area contributed by atoms with Crippen molar-refractivity contribution in [2.24, 2.45) is 0 Å². The van der Waals surface area contributed by atoms with Crippen molar-refractivity contribution < 1.29 is 17.9 Å². The Kier molecular flexibility index (Phi) is 7.02. The van der Waals surface area contributed by atoms with E-state index in [-0.39, 0.29) is 10.8 Å². The molecule has 26 heavy (non-hydrogen) atoms. The summed E-state index contributed by atoms with van der Waals surface area (Å²) in [4.78, 5) is 13.9. The van der Waals surface area contributed by atoms with Gasteiger partial charge < -0.3 is 9.64 Å². The Balaban J connectivity index is 1.88. The molecule has 1 N–H and O–H groups in total. The standard InChI is InChI=1S/C18H21ClN2O4S/c1-14(20-26(23,24)17-10-8-15(19)9-11-17)18(22)21(2)12-13-25-16-6-4-3-5-7-16/h3-11,14,20H,12-13H2,1-2H3. The lowest BCUT2D eigenvalue weighted by Gasteiger charge is -2.22. The number of benzene rings is 2. The lowest BCUT2D eigenvalue weighted by molar-refractivity contribution is -0.131. The maximum Gasteiger partial charge on any atom is 0.241 e. The minimum absolute atomic E-state index is 0.0524. The van der Waals surface area contributed by atoms with Gasteiger partial charge in [0.1, 0.15) is 12.4 Å². The van der Waals surface area contributed by atoms with E-state index in [1.165, 1.54) is 36.1 Å². The normalized spacial score (nSPS) is 12.4. The molecule has 0 aromatic heterocycles. The van der Waals surface area contributed by atoms with Crippen LogP contribution in [-0.4, -0.2) is 45.5 Å². The van der Waals surface area contributed by atoms with Crippen LogP contribution in [-0.2, 0) is 14.8 Å². The van der Waals surface area contributed by atoms with Crippen molar-refractivity contribution in [3.8, 4) is 5.75 Å². The Hall–Kier alpha value is -2.09. The summed E-state index contributed by atoms with van der Waals surface area (Å²) in [6.07, 6.45) is 0. The number of carbonyl (C=O) groups excluding carboxylic acids is 1. The molecule has 0 spiro atoms. The van der Waals surface area contributed by atoms with E-state index in [0.29, 0.717) is 23.9 Å². The zero-order chi connectivity index (χ0) is 19.2. The topological polar surface area (TPSA) is 75.7 Å². The third kappa shape index (κ3) is 5.72. The first-order valence-electron chi connectivity index (χ1n) is 8.00. The van der Waals surface area contributed by atoms with Crippen molar-refractivity contribution in [1.82, 2.24) is 9.62 Å². The number of amides is 1. The highest BCUT2D eigenvalue weighted by atomic mass is 35.5. The van der Waals surface area contributed by atoms with Gasteiger partial charge in [-0.3, -0.25) is 4.79 Å². The first-order chi connectivity index (χ1) is 12.3. The third-order valence-electron chi connectivity index (χ3n) is 3.64. The molecule has 0 saturated carbocycles. The van der Waals surface area contributed by atoms with Crippen LogP contribution in [0.5, 0.6) is 5.75 Å². The number of para-hydroxylation sites is 1. The summed E-state index contributed by atoms with van der Waals surface area (Å²) in [6.45, 7) is 2.15. The highest BCUT2D eigenvalue weighted by Gasteiger charge is 2.24. The molecule has 0 radical (unpaired) electrons. The first-order valence-corrected chi connectivity index (χ1v) is 9.86. The average molecular weight is 397 g/mol. The van der Waals surface area contributed by atoms with E-state index in [2.05, 4.69) is 4.72 Å². The van der Waals surface area contributed by atoms with Crippen LogP contribution >= 0.6 is 11.6 Å². The SMILES string of the molecule is CC(NS(=O)(=O)c1ccc(Cl)cc1)C(=O)N(C)CCOc1ccccc1. The van der Waals surface area contributed by atoms with Crippen LogP contribution in [0, 0.1) is 0 Å². The number of likely N-dealkylation sites (N-methyl/N-ethyl adjacent to an activating group) is 1. The van der Waals surface area contributed by atoms with Crippen LogP contribution in [0.1, 0.15) is 6.92 Å². The van der Waals surface area contributed by atoms with Gasteiger partial charge in [-0.05, 0) is 43.3 Å². The fourth-order valence-corrected chi connectivity index (χ4v) is 3.55. The number of sulfonamides is 1. The van der Waals surface area contributed by atoms with Crippen molar-refractivity contribution in [2.75, 3.05) is 20.2 Å². The summed E-state index contributed by atoms with van der Waals surface area (Å²) in [5.74, 6) is 0.365. The van der Waals surface area contributed by atoms with Gasteiger partial charge in [-0.1, -0.05) is 29.8 Å². The summed E-state index contributed by atoms with van der Waals surface area (Å²) in [6, 6.07) is 14.1. The molecule has 0 heterocycles. The summed E-state index contributed by atoms with van der Waals surface area (Å²) in [5.41, 5.74) is 0. The smallest absolute Gasteiger partial charge is 0.241 e. The van der Waals surface area contributed by atoms with Gasteiger partial charge in [0.15, 0.2) is 0 Å². The lowest BCUT2D eigenvalue weighted by atomic mass is 10.3. The van der Waals surface area contributed by atoms with E-state index in [1.54, 1.807) is 7.05 Å². The van der Waals surface area contributed by atoms with Crippen molar-refractivity contribution >= 4 is 27.5 Å². The van der Waals surface area contributed by atoms with Gasteiger partial charge in [-0.15, -0.1) is 0 Å². The van der Waals surface area contributed by atoms with Gasteiger partial charge in [-0.2, -0.15) is 4.72 Å². The van der Waals surface area contributed by atoms with E-state index in [4.69, 9.17) is 16.3 Å². The van der Waals surface area contributed by atoms with Crippen molar-refractivity contribution in [2.45, 2.75) is 17.9 Å². The Morgan fingerprint density at radius 3 is 2.38 bits per heavy atom. The molecule has 0 saturated heterocycles. The number of hydrogen-bond donors (Lipinski definition) is 1. The van der Waals surface area contributed by atoms with Crippen molar-refractivity contribution in [1.29, 1.82) is 0 Å². The highest BCUT2D eigenvalue weighted by molar-refractivity contribution is 7.89. The molecule has 0 aliphatic rings.